The molecule has 140 valence electrons. The Balaban J connectivity index is 1.25. The number of carbonyl (C=O) groups excluding carboxylic acids is 1. The van der Waals surface area contributed by atoms with Crippen LogP contribution in [0.3, 0.4) is 0 Å². The van der Waals surface area contributed by atoms with Gasteiger partial charge >= 0.3 is 0 Å². The maximum absolute atomic E-state index is 12.4. The van der Waals surface area contributed by atoms with Gasteiger partial charge in [0.1, 0.15) is 0 Å². The Morgan fingerprint density at radius 3 is 2.79 bits per heavy atom. The Morgan fingerprint density at radius 1 is 1.07 bits per heavy atom. The van der Waals surface area contributed by atoms with Gasteiger partial charge in [-0.2, -0.15) is 0 Å². The maximum atomic E-state index is 12.4. The first-order valence-corrected chi connectivity index (χ1v) is 9.12. The van der Waals surface area contributed by atoms with E-state index < -0.39 is 0 Å². The molecular formula is C21H18N4O3. The first kappa shape index (κ1) is 16.6. The molecule has 3 aromatic rings. The van der Waals surface area contributed by atoms with Crippen LogP contribution in [0.25, 0.3) is 0 Å². The second-order valence-electron chi connectivity index (χ2n) is 6.67. The maximum Gasteiger partial charge on any atom is 0.254 e. The molecule has 1 amide bonds. The second-order valence-corrected chi connectivity index (χ2v) is 6.67. The standard InChI is InChI=1S/C21H18N4O3/c26-20(22-10-14-5-6-18-19(9-14)28-13-27-18)16-11-23-21(24-12-16)25-8-7-15-3-1-2-4-17(15)25/h1-6,9,11-12H,7-8,10,13H2,(H,22,26). The van der Waals surface area contributed by atoms with Crippen LogP contribution in [-0.4, -0.2) is 29.2 Å². The number of hydrogen-bond acceptors (Lipinski definition) is 6. The Bertz CT molecular complexity index is 1040. The number of anilines is 2. The van der Waals surface area contributed by atoms with Crippen molar-refractivity contribution in [1.29, 1.82) is 0 Å². The van der Waals surface area contributed by atoms with Gasteiger partial charge in [0, 0.05) is 31.2 Å². The molecule has 0 radical (unpaired) electrons. The van der Waals surface area contributed by atoms with Crippen LogP contribution >= 0.6 is 0 Å². The van der Waals surface area contributed by atoms with E-state index in [2.05, 4.69) is 32.3 Å². The molecule has 1 N–H and O–H groups in total. The van der Waals surface area contributed by atoms with Gasteiger partial charge in [0.2, 0.25) is 12.7 Å². The fourth-order valence-corrected chi connectivity index (χ4v) is 3.46. The monoisotopic (exact) mass is 374 g/mol. The van der Waals surface area contributed by atoms with E-state index in [1.165, 1.54) is 5.56 Å². The normalized spacial score (nSPS) is 14.1. The number of aromatic nitrogens is 2. The fourth-order valence-electron chi connectivity index (χ4n) is 3.46. The van der Waals surface area contributed by atoms with Gasteiger partial charge in [-0.05, 0) is 35.7 Å². The molecule has 0 saturated heterocycles. The molecule has 5 rings (SSSR count). The van der Waals surface area contributed by atoms with Crippen LogP contribution in [-0.2, 0) is 13.0 Å². The third kappa shape index (κ3) is 3.00. The number of nitrogens with one attached hydrogen (secondary N) is 1. The molecule has 1 aromatic heterocycles. The quantitative estimate of drug-likeness (QED) is 0.757. The van der Waals surface area contributed by atoms with Crippen molar-refractivity contribution < 1.29 is 14.3 Å². The van der Waals surface area contributed by atoms with Crippen molar-refractivity contribution in [3.05, 3.63) is 71.5 Å². The van der Waals surface area contributed by atoms with Gasteiger partial charge in [-0.3, -0.25) is 4.79 Å². The van der Waals surface area contributed by atoms with Crippen molar-refractivity contribution in [2.24, 2.45) is 0 Å². The van der Waals surface area contributed by atoms with E-state index in [1.54, 1.807) is 12.4 Å². The lowest BCUT2D eigenvalue weighted by Gasteiger charge is -2.16. The zero-order valence-electron chi connectivity index (χ0n) is 15.1. The van der Waals surface area contributed by atoms with Crippen LogP contribution in [0.1, 0.15) is 21.5 Å². The largest absolute Gasteiger partial charge is 0.454 e. The molecule has 0 bridgehead atoms. The number of nitrogens with zero attached hydrogens (tertiary/aromatic N) is 3. The molecule has 2 aliphatic heterocycles. The topological polar surface area (TPSA) is 76.6 Å². The number of carbonyl (C=O) groups is 1. The van der Waals surface area contributed by atoms with Crippen LogP contribution in [0, 0.1) is 0 Å². The fraction of sp³-hybridized carbons (Fsp3) is 0.190. The van der Waals surface area contributed by atoms with Crippen LogP contribution < -0.4 is 19.7 Å². The summed E-state index contributed by atoms with van der Waals surface area (Å²) in [6.07, 6.45) is 4.10. The summed E-state index contributed by atoms with van der Waals surface area (Å²) in [5.74, 6) is 1.82. The second kappa shape index (κ2) is 6.84. The third-order valence-corrected chi connectivity index (χ3v) is 4.92. The molecule has 0 aliphatic carbocycles. The summed E-state index contributed by atoms with van der Waals surface area (Å²) in [7, 11) is 0. The minimum atomic E-state index is -0.217. The number of rotatable bonds is 4. The SMILES string of the molecule is O=C(NCc1ccc2c(c1)OCO2)c1cnc(N2CCc3ccccc32)nc1. The van der Waals surface area contributed by atoms with Crippen molar-refractivity contribution in [1.82, 2.24) is 15.3 Å². The highest BCUT2D eigenvalue weighted by atomic mass is 16.7. The highest BCUT2D eigenvalue weighted by Gasteiger charge is 2.22. The average molecular weight is 374 g/mol. The van der Waals surface area contributed by atoms with Crippen molar-refractivity contribution in [2.45, 2.75) is 13.0 Å². The number of benzene rings is 2. The number of amides is 1. The minimum absolute atomic E-state index is 0.217. The lowest BCUT2D eigenvalue weighted by molar-refractivity contribution is 0.0950. The molecule has 0 saturated carbocycles. The smallest absolute Gasteiger partial charge is 0.254 e. The molecule has 0 unspecified atom stereocenters. The number of fused-ring (bicyclic) bond motifs is 2. The summed E-state index contributed by atoms with van der Waals surface area (Å²) in [6.45, 7) is 1.46. The van der Waals surface area contributed by atoms with Gasteiger partial charge in [0.25, 0.3) is 5.91 Å². The zero-order chi connectivity index (χ0) is 18.9. The predicted molar refractivity (Wildman–Crippen MR) is 103 cm³/mol. The average Bonchev–Trinajstić information content (AvgIpc) is 3.38. The molecular weight excluding hydrogens is 356 g/mol. The third-order valence-electron chi connectivity index (χ3n) is 4.92. The van der Waals surface area contributed by atoms with Gasteiger partial charge < -0.3 is 19.7 Å². The molecule has 2 aromatic carbocycles. The van der Waals surface area contributed by atoms with Crippen LogP contribution in [0.15, 0.2) is 54.9 Å². The van der Waals surface area contributed by atoms with Crippen LogP contribution in [0.5, 0.6) is 11.5 Å². The summed E-state index contributed by atoms with van der Waals surface area (Å²) >= 11 is 0. The molecule has 2 aliphatic rings. The zero-order valence-corrected chi connectivity index (χ0v) is 15.1. The van der Waals surface area contributed by atoms with E-state index in [9.17, 15) is 4.79 Å². The van der Waals surface area contributed by atoms with Gasteiger partial charge in [-0.1, -0.05) is 24.3 Å². The predicted octanol–water partition coefficient (Wildman–Crippen LogP) is 2.83. The number of ether oxygens (including phenoxy) is 2. The van der Waals surface area contributed by atoms with Gasteiger partial charge in [-0.15, -0.1) is 0 Å². The highest BCUT2D eigenvalue weighted by Crippen LogP contribution is 2.33. The van der Waals surface area contributed by atoms with Crippen LogP contribution in [0.2, 0.25) is 0 Å². The van der Waals surface area contributed by atoms with Gasteiger partial charge in [-0.25, -0.2) is 9.97 Å². The van der Waals surface area contributed by atoms with Crippen molar-refractivity contribution in [3.8, 4) is 11.5 Å². The number of para-hydroxylation sites is 1. The summed E-state index contributed by atoms with van der Waals surface area (Å²) in [4.78, 5) is 23.3. The van der Waals surface area contributed by atoms with E-state index in [-0.39, 0.29) is 12.7 Å². The van der Waals surface area contributed by atoms with E-state index in [4.69, 9.17) is 9.47 Å². The summed E-state index contributed by atoms with van der Waals surface area (Å²) < 4.78 is 10.7. The molecule has 28 heavy (non-hydrogen) atoms. The number of hydrogen-bond donors (Lipinski definition) is 1. The Morgan fingerprint density at radius 2 is 1.89 bits per heavy atom. The first-order chi connectivity index (χ1) is 13.8. The van der Waals surface area contributed by atoms with E-state index >= 15 is 0 Å². The van der Waals surface area contributed by atoms with Gasteiger partial charge in [0.05, 0.1) is 5.56 Å². The summed E-state index contributed by atoms with van der Waals surface area (Å²) in [5.41, 5.74) is 3.78. The van der Waals surface area contributed by atoms with Crippen molar-refractivity contribution in [3.63, 3.8) is 0 Å². The Kier molecular flexibility index (Phi) is 4.05. The van der Waals surface area contributed by atoms with E-state index in [0.29, 0.717) is 23.8 Å². The molecule has 0 atom stereocenters. The molecule has 0 fully saturated rings. The molecule has 3 heterocycles. The Hall–Kier alpha value is -3.61. The minimum Gasteiger partial charge on any atom is -0.454 e. The highest BCUT2D eigenvalue weighted by molar-refractivity contribution is 5.93. The lowest BCUT2D eigenvalue weighted by atomic mass is 10.2. The summed E-state index contributed by atoms with van der Waals surface area (Å²) in [6, 6.07) is 13.8. The van der Waals surface area contributed by atoms with Crippen molar-refractivity contribution >= 4 is 17.5 Å². The lowest BCUT2D eigenvalue weighted by Crippen LogP contribution is -2.24. The summed E-state index contributed by atoms with van der Waals surface area (Å²) in [5, 5.41) is 2.88. The van der Waals surface area contributed by atoms with Gasteiger partial charge in [0.15, 0.2) is 11.5 Å². The van der Waals surface area contributed by atoms with E-state index in [1.807, 2.05) is 30.3 Å². The van der Waals surface area contributed by atoms with Crippen LogP contribution in [0.4, 0.5) is 11.6 Å². The van der Waals surface area contributed by atoms with E-state index in [0.717, 1.165) is 30.0 Å². The first-order valence-electron chi connectivity index (χ1n) is 9.12. The molecule has 7 heteroatoms. The molecule has 0 spiro atoms. The molecule has 7 nitrogen and oxygen atoms in total. The Labute approximate surface area is 161 Å². The van der Waals surface area contributed by atoms with Crippen molar-refractivity contribution in [2.75, 3.05) is 18.2 Å².